The zero-order chi connectivity index (χ0) is 15.7. The average molecular weight is 297 g/mol. The fraction of sp³-hybridized carbons (Fsp3) is 0.167. The van der Waals surface area contributed by atoms with Gasteiger partial charge in [0.05, 0.1) is 12.8 Å². The van der Waals surface area contributed by atoms with Gasteiger partial charge in [0.25, 0.3) is 0 Å². The fourth-order valence-electron chi connectivity index (χ4n) is 2.67. The Balaban J connectivity index is 2.31. The van der Waals surface area contributed by atoms with Gasteiger partial charge in [0.15, 0.2) is 6.29 Å². The largest absolute Gasteiger partial charge is 0.496 e. The first-order valence-corrected chi connectivity index (χ1v) is 7.11. The van der Waals surface area contributed by atoms with Crippen molar-refractivity contribution < 1.29 is 13.9 Å². The number of aldehydes is 1. The van der Waals surface area contributed by atoms with Gasteiger partial charge in [0.1, 0.15) is 11.6 Å². The van der Waals surface area contributed by atoms with Crippen LogP contribution in [0.1, 0.15) is 23.0 Å². The molecule has 0 aliphatic carbocycles. The van der Waals surface area contributed by atoms with Crippen LogP contribution in [0.25, 0.3) is 16.6 Å². The van der Waals surface area contributed by atoms with E-state index in [1.54, 1.807) is 6.07 Å². The highest BCUT2D eigenvalue weighted by Crippen LogP contribution is 2.34. The van der Waals surface area contributed by atoms with E-state index in [-0.39, 0.29) is 5.82 Å². The van der Waals surface area contributed by atoms with Crippen molar-refractivity contribution in [2.75, 3.05) is 7.11 Å². The lowest BCUT2D eigenvalue weighted by atomic mass is 10.0. The molecule has 0 aliphatic rings. The number of pyridine rings is 1. The monoisotopic (exact) mass is 297 g/mol. The Morgan fingerprint density at radius 3 is 2.68 bits per heavy atom. The van der Waals surface area contributed by atoms with Crippen molar-refractivity contribution in [2.45, 2.75) is 13.3 Å². The van der Waals surface area contributed by atoms with E-state index in [0.717, 1.165) is 23.8 Å². The summed E-state index contributed by atoms with van der Waals surface area (Å²) in [6, 6.07) is 10.2. The predicted molar refractivity (Wildman–Crippen MR) is 84.1 cm³/mol. The molecule has 2 heterocycles. The van der Waals surface area contributed by atoms with Gasteiger partial charge in [-0.2, -0.15) is 0 Å². The summed E-state index contributed by atoms with van der Waals surface area (Å²) in [4.78, 5) is 11.6. The zero-order valence-electron chi connectivity index (χ0n) is 12.5. The fourth-order valence-corrected chi connectivity index (χ4v) is 2.67. The lowest BCUT2D eigenvalue weighted by Crippen LogP contribution is -1.96. The number of carbonyl (C=O) groups excluding carboxylic acids is 1. The van der Waals surface area contributed by atoms with Crippen LogP contribution >= 0.6 is 0 Å². The zero-order valence-corrected chi connectivity index (χ0v) is 12.5. The second-order valence-electron chi connectivity index (χ2n) is 5.09. The van der Waals surface area contributed by atoms with Gasteiger partial charge < -0.3 is 9.14 Å². The third-order valence-corrected chi connectivity index (χ3v) is 3.84. The number of aromatic nitrogens is 1. The molecule has 0 saturated heterocycles. The van der Waals surface area contributed by atoms with Crippen LogP contribution in [0.2, 0.25) is 0 Å². The summed E-state index contributed by atoms with van der Waals surface area (Å²) in [5, 5.41) is 0. The SMILES string of the molecule is CCc1ccc2cc(-c3cc(F)ccc3OC)c(C=O)n2c1. The minimum Gasteiger partial charge on any atom is -0.496 e. The molecule has 0 radical (unpaired) electrons. The lowest BCUT2D eigenvalue weighted by molar-refractivity contribution is 0.111. The van der Waals surface area contributed by atoms with Crippen LogP contribution < -0.4 is 4.74 Å². The number of hydrogen-bond donors (Lipinski definition) is 0. The van der Waals surface area contributed by atoms with Gasteiger partial charge in [-0.3, -0.25) is 4.79 Å². The number of halogens is 1. The molecule has 0 aliphatic heterocycles. The lowest BCUT2D eigenvalue weighted by Gasteiger charge is -2.08. The standard InChI is InChI=1S/C18H16FNO2/c1-3-12-4-6-14-9-15(17(11-21)20(14)10-12)16-8-13(19)5-7-18(16)22-2/h4-11H,3H2,1-2H3. The normalized spacial score (nSPS) is 10.9. The molecule has 112 valence electrons. The Kier molecular flexibility index (Phi) is 3.67. The molecular formula is C18H16FNO2. The molecule has 1 aromatic carbocycles. The molecule has 3 aromatic rings. The molecule has 0 fully saturated rings. The first-order valence-electron chi connectivity index (χ1n) is 7.11. The summed E-state index contributed by atoms with van der Waals surface area (Å²) in [7, 11) is 1.53. The topological polar surface area (TPSA) is 30.7 Å². The van der Waals surface area contributed by atoms with Crippen LogP contribution in [0.4, 0.5) is 4.39 Å². The van der Waals surface area contributed by atoms with Gasteiger partial charge in [0, 0.05) is 22.8 Å². The number of rotatable bonds is 4. The minimum atomic E-state index is -0.364. The van der Waals surface area contributed by atoms with Crippen molar-refractivity contribution in [1.29, 1.82) is 0 Å². The van der Waals surface area contributed by atoms with Crippen molar-refractivity contribution in [3.05, 3.63) is 59.7 Å². The van der Waals surface area contributed by atoms with Crippen LogP contribution in [0.3, 0.4) is 0 Å². The Labute approximate surface area is 128 Å². The Bertz CT molecular complexity index is 852. The first-order chi connectivity index (χ1) is 10.7. The maximum atomic E-state index is 13.6. The minimum absolute atomic E-state index is 0.364. The highest BCUT2D eigenvalue weighted by Gasteiger charge is 2.16. The molecule has 22 heavy (non-hydrogen) atoms. The van der Waals surface area contributed by atoms with Crippen LogP contribution in [0, 0.1) is 5.82 Å². The highest BCUT2D eigenvalue weighted by atomic mass is 19.1. The Morgan fingerprint density at radius 1 is 1.18 bits per heavy atom. The summed E-state index contributed by atoms with van der Waals surface area (Å²) >= 11 is 0. The van der Waals surface area contributed by atoms with E-state index in [1.165, 1.54) is 19.2 Å². The third-order valence-electron chi connectivity index (χ3n) is 3.84. The molecule has 0 atom stereocenters. The van der Waals surface area contributed by atoms with Crippen molar-refractivity contribution >= 4 is 11.8 Å². The number of aryl methyl sites for hydroxylation is 1. The summed E-state index contributed by atoms with van der Waals surface area (Å²) in [5.74, 6) is 0.174. The van der Waals surface area contributed by atoms with E-state index >= 15 is 0 Å². The van der Waals surface area contributed by atoms with Gasteiger partial charge in [-0.25, -0.2) is 4.39 Å². The third kappa shape index (κ3) is 2.26. The van der Waals surface area contributed by atoms with E-state index in [2.05, 4.69) is 6.92 Å². The van der Waals surface area contributed by atoms with Crippen molar-refractivity contribution in [1.82, 2.24) is 4.40 Å². The van der Waals surface area contributed by atoms with E-state index in [4.69, 9.17) is 4.74 Å². The quantitative estimate of drug-likeness (QED) is 0.678. The summed E-state index contributed by atoms with van der Waals surface area (Å²) in [6.07, 6.45) is 3.62. The molecule has 3 nitrogen and oxygen atoms in total. The molecule has 2 aromatic heterocycles. The molecule has 0 spiro atoms. The molecule has 0 saturated carbocycles. The van der Waals surface area contributed by atoms with Crippen molar-refractivity contribution in [2.24, 2.45) is 0 Å². The number of methoxy groups -OCH3 is 1. The number of benzene rings is 1. The highest BCUT2D eigenvalue weighted by molar-refractivity contribution is 5.91. The smallest absolute Gasteiger partial charge is 0.167 e. The molecule has 3 rings (SSSR count). The molecule has 0 N–H and O–H groups in total. The number of hydrogen-bond acceptors (Lipinski definition) is 2. The number of nitrogens with zero attached hydrogens (tertiary/aromatic N) is 1. The van der Waals surface area contributed by atoms with Gasteiger partial charge >= 0.3 is 0 Å². The van der Waals surface area contributed by atoms with Crippen LogP contribution in [0.5, 0.6) is 5.75 Å². The molecule has 4 heteroatoms. The van der Waals surface area contributed by atoms with Crippen LogP contribution in [-0.4, -0.2) is 17.8 Å². The van der Waals surface area contributed by atoms with Gasteiger partial charge in [-0.05, 0) is 42.3 Å². The predicted octanol–water partition coefficient (Wildman–Crippen LogP) is 4.13. The Hall–Kier alpha value is -2.62. The van der Waals surface area contributed by atoms with Crippen LogP contribution in [0.15, 0.2) is 42.6 Å². The van der Waals surface area contributed by atoms with E-state index in [0.29, 0.717) is 22.6 Å². The van der Waals surface area contributed by atoms with Gasteiger partial charge in [-0.1, -0.05) is 13.0 Å². The number of fused-ring (bicyclic) bond motifs is 1. The molecule has 0 unspecified atom stereocenters. The van der Waals surface area contributed by atoms with E-state index < -0.39 is 0 Å². The van der Waals surface area contributed by atoms with E-state index in [9.17, 15) is 9.18 Å². The second kappa shape index (κ2) is 5.64. The number of carbonyl (C=O) groups is 1. The average Bonchev–Trinajstić information content (AvgIpc) is 2.92. The summed E-state index contributed by atoms with van der Waals surface area (Å²) < 4.78 is 20.8. The number of ether oxygens (including phenoxy) is 1. The molecule has 0 amide bonds. The summed E-state index contributed by atoms with van der Waals surface area (Å²) in [5.41, 5.74) is 3.75. The van der Waals surface area contributed by atoms with Crippen molar-refractivity contribution in [3.63, 3.8) is 0 Å². The van der Waals surface area contributed by atoms with Gasteiger partial charge in [-0.15, -0.1) is 0 Å². The molecular weight excluding hydrogens is 281 g/mol. The van der Waals surface area contributed by atoms with Crippen LogP contribution in [-0.2, 0) is 6.42 Å². The first kappa shape index (κ1) is 14.3. The van der Waals surface area contributed by atoms with Gasteiger partial charge in [0.2, 0.25) is 0 Å². The maximum Gasteiger partial charge on any atom is 0.167 e. The van der Waals surface area contributed by atoms with Crippen molar-refractivity contribution in [3.8, 4) is 16.9 Å². The van der Waals surface area contributed by atoms with E-state index in [1.807, 2.05) is 28.8 Å². The molecule has 0 bridgehead atoms. The second-order valence-corrected chi connectivity index (χ2v) is 5.09. The summed E-state index contributed by atoms with van der Waals surface area (Å²) in [6.45, 7) is 2.06. The maximum absolute atomic E-state index is 13.6. The Morgan fingerprint density at radius 2 is 2.00 bits per heavy atom.